The van der Waals surface area contributed by atoms with Crippen molar-refractivity contribution in [2.75, 3.05) is 4.90 Å². The van der Waals surface area contributed by atoms with Crippen molar-refractivity contribution in [3.05, 3.63) is 37.8 Å². The van der Waals surface area contributed by atoms with E-state index in [-0.39, 0.29) is 11.3 Å². The highest BCUT2D eigenvalue weighted by molar-refractivity contribution is 9.11. The summed E-state index contributed by atoms with van der Waals surface area (Å²) in [7, 11) is 0. The van der Waals surface area contributed by atoms with Crippen LogP contribution in [0.2, 0.25) is 0 Å². The molecule has 5 nitrogen and oxygen atoms in total. The van der Waals surface area contributed by atoms with Gasteiger partial charge in [-0.25, -0.2) is 9.69 Å². The summed E-state index contributed by atoms with van der Waals surface area (Å²) in [5, 5.41) is 9.27. The number of rotatable bonds is 2. The van der Waals surface area contributed by atoms with Crippen molar-refractivity contribution in [2.45, 2.75) is 13.8 Å². The van der Waals surface area contributed by atoms with Crippen LogP contribution >= 0.6 is 31.9 Å². The third kappa shape index (κ3) is 2.20. The highest BCUT2D eigenvalue weighted by atomic mass is 79.9. The molecular weight excluding hydrogens is 394 g/mol. The van der Waals surface area contributed by atoms with Gasteiger partial charge in [0.2, 0.25) is 0 Å². The van der Waals surface area contributed by atoms with Gasteiger partial charge in [0.1, 0.15) is 0 Å². The number of carbonyl (C=O) groups excluding carboxylic acids is 2. The number of benzene rings is 1. The second-order valence-electron chi connectivity index (χ2n) is 4.28. The molecule has 20 heavy (non-hydrogen) atoms. The number of hydrogen-bond acceptors (Lipinski definition) is 3. The lowest BCUT2D eigenvalue weighted by Crippen LogP contribution is -2.33. The average Bonchev–Trinajstić information content (AvgIpc) is 2.54. The largest absolute Gasteiger partial charge is 0.478 e. The van der Waals surface area contributed by atoms with E-state index in [4.69, 9.17) is 0 Å². The number of aromatic carboxylic acids is 1. The van der Waals surface area contributed by atoms with Crippen LogP contribution < -0.4 is 4.90 Å². The van der Waals surface area contributed by atoms with E-state index in [1.165, 1.54) is 6.07 Å². The Hall–Kier alpha value is -1.47. The van der Waals surface area contributed by atoms with Crippen molar-refractivity contribution in [1.82, 2.24) is 0 Å². The highest BCUT2D eigenvalue weighted by Gasteiger charge is 2.37. The fourth-order valence-corrected chi connectivity index (χ4v) is 3.31. The van der Waals surface area contributed by atoms with Crippen LogP contribution in [0.4, 0.5) is 5.69 Å². The number of carboxylic acids is 1. The maximum Gasteiger partial charge on any atom is 0.337 e. The zero-order valence-electron chi connectivity index (χ0n) is 10.5. The predicted molar refractivity (Wildman–Crippen MR) is 79.7 cm³/mol. The van der Waals surface area contributed by atoms with E-state index in [9.17, 15) is 19.5 Å². The molecule has 0 bridgehead atoms. The molecule has 0 saturated heterocycles. The van der Waals surface area contributed by atoms with E-state index < -0.39 is 17.8 Å². The normalized spacial score (nSPS) is 15.3. The monoisotopic (exact) mass is 401 g/mol. The molecule has 1 aromatic carbocycles. The summed E-state index contributed by atoms with van der Waals surface area (Å²) in [6, 6.07) is 2.94. The van der Waals surface area contributed by atoms with E-state index in [0.29, 0.717) is 20.1 Å². The van der Waals surface area contributed by atoms with Crippen LogP contribution in [0, 0.1) is 0 Å². The third-order valence-electron chi connectivity index (χ3n) is 3.09. The number of amides is 2. The van der Waals surface area contributed by atoms with Gasteiger partial charge in [0, 0.05) is 20.1 Å². The molecule has 0 spiro atoms. The van der Waals surface area contributed by atoms with Gasteiger partial charge in [-0.05, 0) is 41.9 Å². The molecule has 1 aliphatic rings. The number of imide groups is 1. The number of anilines is 1. The molecule has 1 heterocycles. The zero-order chi connectivity index (χ0) is 15.2. The molecule has 2 amide bonds. The molecule has 7 heteroatoms. The van der Waals surface area contributed by atoms with E-state index in [0.717, 1.165) is 4.90 Å². The van der Waals surface area contributed by atoms with Gasteiger partial charge in [-0.1, -0.05) is 15.9 Å². The number of carbonyl (C=O) groups is 3. The Kier molecular flexibility index (Phi) is 3.84. The Labute approximate surface area is 131 Å². The molecule has 0 radical (unpaired) electrons. The fraction of sp³-hybridized carbons (Fsp3) is 0.154. The number of halogens is 2. The van der Waals surface area contributed by atoms with Crippen LogP contribution in [-0.2, 0) is 9.59 Å². The second-order valence-corrected chi connectivity index (χ2v) is 6.05. The number of nitrogens with zero attached hydrogens (tertiary/aromatic N) is 1. The Bertz CT molecular complexity index is 670. The van der Waals surface area contributed by atoms with E-state index >= 15 is 0 Å². The molecule has 0 fully saturated rings. The Morgan fingerprint density at radius 1 is 1.10 bits per heavy atom. The smallest absolute Gasteiger partial charge is 0.337 e. The lowest BCUT2D eigenvalue weighted by Gasteiger charge is -2.19. The molecule has 0 aliphatic carbocycles. The van der Waals surface area contributed by atoms with E-state index in [1.54, 1.807) is 19.9 Å². The third-order valence-corrected chi connectivity index (χ3v) is 4.15. The molecule has 0 atom stereocenters. The molecule has 0 aromatic heterocycles. The van der Waals surface area contributed by atoms with Gasteiger partial charge in [-0.3, -0.25) is 9.59 Å². The van der Waals surface area contributed by atoms with Gasteiger partial charge in [0.15, 0.2) is 0 Å². The number of hydrogen-bond donors (Lipinski definition) is 1. The summed E-state index contributed by atoms with van der Waals surface area (Å²) in [6.07, 6.45) is 0. The summed E-state index contributed by atoms with van der Waals surface area (Å²) in [5.74, 6) is -2.22. The standard InChI is InChI=1S/C13H9Br2NO4/c1-5-6(2)12(18)16(11(5)17)10-8(13(19)20)3-7(14)4-9(10)15/h3-4H,1-2H3,(H,19,20). The van der Waals surface area contributed by atoms with Crippen molar-refractivity contribution >= 4 is 55.3 Å². The lowest BCUT2D eigenvalue weighted by atomic mass is 10.1. The number of carboxylic acid groups (broad SMARTS) is 1. The van der Waals surface area contributed by atoms with Crippen LogP contribution in [0.3, 0.4) is 0 Å². The minimum atomic E-state index is -1.22. The average molecular weight is 403 g/mol. The molecule has 1 N–H and O–H groups in total. The first kappa shape index (κ1) is 14.9. The molecule has 0 saturated carbocycles. The maximum atomic E-state index is 12.2. The van der Waals surface area contributed by atoms with Gasteiger partial charge in [-0.2, -0.15) is 0 Å². The quantitative estimate of drug-likeness (QED) is 0.771. The van der Waals surface area contributed by atoms with Crippen LogP contribution in [-0.4, -0.2) is 22.9 Å². The van der Waals surface area contributed by atoms with Gasteiger partial charge in [0.05, 0.1) is 11.3 Å². The van der Waals surface area contributed by atoms with E-state index in [1.807, 2.05) is 0 Å². The summed E-state index contributed by atoms with van der Waals surface area (Å²) >= 11 is 6.40. The lowest BCUT2D eigenvalue weighted by molar-refractivity contribution is -0.120. The van der Waals surface area contributed by atoms with Gasteiger partial charge in [0.25, 0.3) is 11.8 Å². The molecule has 2 rings (SSSR count). The van der Waals surface area contributed by atoms with E-state index in [2.05, 4.69) is 31.9 Å². The summed E-state index contributed by atoms with van der Waals surface area (Å²) in [6.45, 7) is 3.09. The van der Waals surface area contributed by atoms with Crippen molar-refractivity contribution in [2.24, 2.45) is 0 Å². The first-order valence-electron chi connectivity index (χ1n) is 5.54. The first-order valence-corrected chi connectivity index (χ1v) is 7.13. The van der Waals surface area contributed by atoms with Crippen LogP contribution in [0.1, 0.15) is 24.2 Å². The molecule has 104 valence electrons. The van der Waals surface area contributed by atoms with Gasteiger partial charge < -0.3 is 5.11 Å². The maximum absolute atomic E-state index is 12.2. The fourth-order valence-electron chi connectivity index (χ4n) is 1.91. The molecule has 0 unspecified atom stereocenters. The summed E-state index contributed by atoms with van der Waals surface area (Å²) in [5.41, 5.74) is 0.560. The highest BCUT2D eigenvalue weighted by Crippen LogP contribution is 2.37. The minimum absolute atomic E-state index is 0.0481. The van der Waals surface area contributed by atoms with Gasteiger partial charge in [-0.15, -0.1) is 0 Å². The first-order chi connectivity index (χ1) is 9.25. The van der Waals surface area contributed by atoms with Crippen LogP contribution in [0.5, 0.6) is 0 Å². The van der Waals surface area contributed by atoms with Crippen molar-refractivity contribution in [1.29, 1.82) is 0 Å². The molecular formula is C13H9Br2NO4. The zero-order valence-corrected chi connectivity index (χ0v) is 13.7. The van der Waals surface area contributed by atoms with Crippen molar-refractivity contribution in [3.63, 3.8) is 0 Å². The van der Waals surface area contributed by atoms with Crippen molar-refractivity contribution in [3.8, 4) is 0 Å². The topological polar surface area (TPSA) is 74.7 Å². The van der Waals surface area contributed by atoms with Crippen LogP contribution in [0.25, 0.3) is 0 Å². The van der Waals surface area contributed by atoms with Crippen LogP contribution in [0.15, 0.2) is 32.2 Å². The Morgan fingerprint density at radius 2 is 1.60 bits per heavy atom. The Balaban J connectivity index is 2.69. The summed E-state index contributed by atoms with van der Waals surface area (Å²) < 4.78 is 0.888. The second kappa shape index (κ2) is 5.14. The predicted octanol–water partition coefficient (Wildman–Crippen LogP) is 3.12. The van der Waals surface area contributed by atoms with Crippen molar-refractivity contribution < 1.29 is 19.5 Å². The van der Waals surface area contributed by atoms with Gasteiger partial charge >= 0.3 is 5.97 Å². The molecule has 1 aromatic rings. The summed E-state index contributed by atoms with van der Waals surface area (Å²) in [4.78, 5) is 36.6. The minimum Gasteiger partial charge on any atom is -0.478 e. The molecule has 1 aliphatic heterocycles. The Morgan fingerprint density at radius 3 is 2.05 bits per heavy atom. The SMILES string of the molecule is CC1=C(C)C(=O)N(c2c(Br)cc(Br)cc2C(=O)O)C1=O.